The minimum absolute atomic E-state index is 0.149. The Bertz CT molecular complexity index is 405. The van der Waals surface area contributed by atoms with Crippen LogP contribution in [0.2, 0.25) is 0 Å². The van der Waals surface area contributed by atoms with Crippen molar-refractivity contribution in [2.75, 3.05) is 6.54 Å². The van der Waals surface area contributed by atoms with E-state index in [-0.39, 0.29) is 5.56 Å². The third-order valence-corrected chi connectivity index (χ3v) is 3.29. The van der Waals surface area contributed by atoms with E-state index >= 15 is 0 Å². The van der Waals surface area contributed by atoms with Gasteiger partial charge in [0.05, 0.1) is 0 Å². The average Bonchev–Trinajstić information content (AvgIpc) is 2.97. The highest BCUT2D eigenvalue weighted by Crippen LogP contribution is 2.48. The maximum absolute atomic E-state index is 13.6. The summed E-state index contributed by atoms with van der Waals surface area (Å²) in [5.74, 6) is -3.37. The molecule has 0 atom stereocenters. The van der Waals surface area contributed by atoms with Gasteiger partial charge in [0.2, 0.25) is 0 Å². The van der Waals surface area contributed by atoms with Gasteiger partial charge in [0, 0.05) is 24.4 Å². The van der Waals surface area contributed by atoms with Gasteiger partial charge in [-0.2, -0.15) is 0 Å². The van der Waals surface area contributed by atoms with Crippen molar-refractivity contribution in [1.29, 1.82) is 0 Å². The Balaban J connectivity index is 2.46. The molecule has 1 fully saturated rings. The van der Waals surface area contributed by atoms with Crippen LogP contribution in [0.4, 0.5) is 13.2 Å². The fraction of sp³-hybridized carbons (Fsp3) is 0.500. The molecule has 0 unspecified atom stereocenters. The lowest BCUT2D eigenvalue weighted by Gasteiger charge is -2.17. The Morgan fingerprint density at radius 3 is 2.44 bits per heavy atom. The van der Waals surface area contributed by atoms with Crippen molar-refractivity contribution in [3.8, 4) is 0 Å². The molecule has 4 heteroatoms. The van der Waals surface area contributed by atoms with E-state index < -0.39 is 17.2 Å². The molecule has 0 saturated heterocycles. The summed E-state index contributed by atoms with van der Waals surface area (Å²) in [7, 11) is 0. The summed E-state index contributed by atoms with van der Waals surface area (Å²) >= 11 is 0. The monoisotopic (exact) mass is 229 g/mol. The summed E-state index contributed by atoms with van der Waals surface area (Å²) in [6, 6.07) is 3.50. The van der Waals surface area contributed by atoms with E-state index in [0.717, 1.165) is 31.9 Å². The van der Waals surface area contributed by atoms with Crippen molar-refractivity contribution in [2.45, 2.75) is 31.1 Å². The van der Waals surface area contributed by atoms with Gasteiger partial charge < -0.3 is 5.73 Å². The normalized spacial score (nSPS) is 18.6. The zero-order valence-corrected chi connectivity index (χ0v) is 9.06. The largest absolute Gasteiger partial charge is 0.330 e. The van der Waals surface area contributed by atoms with Crippen LogP contribution >= 0.6 is 0 Å². The number of rotatable bonds is 3. The molecule has 0 radical (unpaired) electrons. The molecule has 1 aliphatic rings. The Morgan fingerprint density at radius 1 is 1.38 bits per heavy atom. The minimum Gasteiger partial charge on any atom is -0.330 e. The van der Waals surface area contributed by atoms with E-state index in [0.29, 0.717) is 12.1 Å². The molecule has 88 valence electrons. The van der Waals surface area contributed by atoms with Gasteiger partial charge in [-0.3, -0.25) is 0 Å². The van der Waals surface area contributed by atoms with Crippen LogP contribution in [0.5, 0.6) is 0 Å². The Labute approximate surface area is 92.5 Å². The van der Waals surface area contributed by atoms with Crippen LogP contribution in [-0.2, 0) is 11.3 Å². The van der Waals surface area contributed by atoms with Gasteiger partial charge in [0.15, 0.2) is 0 Å². The fourth-order valence-corrected chi connectivity index (χ4v) is 1.94. The number of alkyl halides is 2. The summed E-state index contributed by atoms with van der Waals surface area (Å²) in [4.78, 5) is 0. The highest BCUT2D eigenvalue weighted by atomic mass is 19.3. The highest BCUT2D eigenvalue weighted by molar-refractivity contribution is 5.37. The van der Waals surface area contributed by atoms with Crippen molar-refractivity contribution in [1.82, 2.24) is 0 Å². The molecule has 2 rings (SSSR count). The van der Waals surface area contributed by atoms with E-state index in [1.165, 1.54) is 6.07 Å². The van der Waals surface area contributed by atoms with Gasteiger partial charge in [0.1, 0.15) is 5.82 Å². The fourth-order valence-electron chi connectivity index (χ4n) is 1.94. The van der Waals surface area contributed by atoms with Gasteiger partial charge >= 0.3 is 0 Å². The molecule has 0 aromatic heterocycles. The van der Waals surface area contributed by atoms with Crippen molar-refractivity contribution in [2.24, 2.45) is 5.73 Å². The molecule has 0 heterocycles. The van der Waals surface area contributed by atoms with Crippen molar-refractivity contribution in [3.05, 3.63) is 35.1 Å². The number of hydrogen-bond donors (Lipinski definition) is 1. The number of benzene rings is 1. The second kappa shape index (κ2) is 3.48. The predicted octanol–water partition coefficient (Wildman–Crippen LogP) is 2.93. The van der Waals surface area contributed by atoms with Crippen LogP contribution in [-0.4, -0.2) is 6.54 Å². The highest BCUT2D eigenvalue weighted by Gasteiger charge is 2.45. The minimum atomic E-state index is -2.94. The summed E-state index contributed by atoms with van der Waals surface area (Å²) in [6.07, 6.45) is 1.55. The second-order valence-electron chi connectivity index (χ2n) is 4.57. The molecule has 2 N–H and O–H groups in total. The number of nitrogens with two attached hydrogens (primary N) is 1. The van der Waals surface area contributed by atoms with Gasteiger partial charge in [-0.1, -0.05) is 6.07 Å². The van der Waals surface area contributed by atoms with Crippen LogP contribution in [0.15, 0.2) is 18.2 Å². The molecular formula is C12H14F3N. The molecule has 1 aromatic rings. The first kappa shape index (κ1) is 11.5. The standard InChI is InChI=1S/C12H14F3N/c1-11(14,15)8-2-3-10(13)9(6-8)12(7-16)4-5-12/h2-3,6H,4-5,7,16H2,1H3. The quantitative estimate of drug-likeness (QED) is 0.847. The molecule has 0 spiro atoms. The number of hydrogen-bond acceptors (Lipinski definition) is 1. The molecule has 1 aromatic carbocycles. The number of halogens is 3. The van der Waals surface area contributed by atoms with Crippen LogP contribution in [0.3, 0.4) is 0 Å². The molecular weight excluding hydrogens is 215 g/mol. The zero-order valence-electron chi connectivity index (χ0n) is 9.06. The van der Waals surface area contributed by atoms with Gasteiger partial charge in [-0.25, -0.2) is 13.2 Å². The average molecular weight is 229 g/mol. The molecule has 1 aliphatic carbocycles. The summed E-state index contributed by atoms with van der Waals surface area (Å²) in [6.45, 7) is 1.12. The van der Waals surface area contributed by atoms with Crippen LogP contribution in [0.25, 0.3) is 0 Å². The van der Waals surface area contributed by atoms with Crippen molar-refractivity contribution < 1.29 is 13.2 Å². The predicted molar refractivity (Wildman–Crippen MR) is 55.9 cm³/mol. The zero-order chi connectivity index (χ0) is 12.0. The first-order valence-corrected chi connectivity index (χ1v) is 5.27. The van der Waals surface area contributed by atoms with Gasteiger partial charge in [-0.05, 0) is 30.5 Å². The topological polar surface area (TPSA) is 26.0 Å². The Hall–Kier alpha value is -1.03. The summed E-state index contributed by atoms with van der Waals surface area (Å²) in [5.41, 5.74) is 5.37. The molecule has 0 aliphatic heterocycles. The van der Waals surface area contributed by atoms with Crippen LogP contribution in [0.1, 0.15) is 30.9 Å². The van der Waals surface area contributed by atoms with E-state index in [1.807, 2.05) is 0 Å². The van der Waals surface area contributed by atoms with E-state index in [4.69, 9.17) is 5.73 Å². The maximum Gasteiger partial charge on any atom is 0.270 e. The summed E-state index contributed by atoms with van der Waals surface area (Å²) in [5, 5.41) is 0. The van der Waals surface area contributed by atoms with E-state index in [9.17, 15) is 13.2 Å². The molecule has 0 bridgehead atoms. The molecule has 1 saturated carbocycles. The van der Waals surface area contributed by atoms with Crippen molar-refractivity contribution in [3.63, 3.8) is 0 Å². The van der Waals surface area contributed by atoms with Gasteiger partial charge in [-0.15, -0.1) is 0 Å². The SMILES string of the molecule is CC(F)(F)c1ccc(F)c(C2(CN)CC2)c1. The summed E-state index contributed by atoms with van der Waals surface area (Å²) < 4.78 is 39.8. The smallest absolute Gasteiger partial charge is 0.270 e. The molecule has 1 nitrogen and oxygen atoms in total. The Morgan fingerprint density at radius 2 is 2.00 bits per heavy atom. The lowest BCUT2D eigenvalue weighted by atomic mass is 9.92. The lowest BCUT2D eigenvalue weighted by Crippen LogP contribution is -2.22. The van der Waals surface area contributed by atoms with Crippen molar-refractivity contribution >= 4 is 0 Å². The first-order chi connectivity index (χ1) is 7.39. The van der Waals surface area contributed by atoms with Crippen LogP contribution < -0.4 is 5.73 Å². The maximum atomic E-state index is 13.6. The van der Waals surface area contributed by atoms with Gasteiger partial charge in [0.25, 0.3) is 5.92 Å². The van der Waals surface area contributed by atoms with E-state index in [2.05, 4.69) is 0 Å². The third kappa shape index (κ3) is 1.82. The lowest BCUT2D eigenvalue weighted by molar-refractivity contribution is 0.0173. The molecule has 16 heavy (non-hydrogen) atoms. The first-order valence-electron chi connectivity index (χ1n) is 5.27. The molecule has 0 amide bonds. The van der Waals surface area contributed by atoms with E-state index in [1.54, 1.807) is 0 Å². The van der Waals surface area contributed by atoms with Crippen LogP contribution in [0, 0.1) is 5.82 Å². The Kier molecular flexibility index (Phi) is 2.49. The second-order valence-corrected chi connectivity index (χ2v) is 4.57. The third-order valence-electron chi connectivity index (χ3n) is 3.29.